The molecule has 0 saturated heterocycles. The van der Waals surface area contributed by atoms with E-state index in [0.29, 0.717) is 5.92 Å². The number of rotatable bonds is 3. The zero-order chi connectivity index (χ0) is 13.2. The van der Waals surface area contributed by atoms with E-state index in [1.54, 1.807) is 0 Å². The van der Waals surface area contributed by atoms with Crippen molar-refractivity contribution in [1.29, 1.82) is 0 Å². The average molecular weight is 266 g/mol. The number of hydrogen-bond donors (Lipinski definition) is 1. The first-order valence-electron chi connectivity index (χ1n) is 7.10. The number of halogens is 1. The van der Waals surface area contributed by atoms with Crippen molar-refractivity contribution in [3.63, 3.8) is 0 Å². The largest absolute Gasteiger partial charge is 0.321 e. The van der Waals surface area contributed by atoms with Crippen LogP contribution in [0.15, 0.2) is 24.3 Å². The minimum Gasteiger partial charge on any atom is -0.321 e. The summed E-state index contributed by atoms with van der Waals surface area (Å²) in [5.41, 5.74) is 7.61. The molecule has 0 aliphatic heterocycles. The molecule has 0 spiro atoms. The van der Waals surface area contributed by atoms with Gasteiger partial charge in [-0.25, -0.2) is 0 Å². The molecule has 18 heavy (non-hydrogen) atoms. The Labute approximate surface area is 116 Å². The lowest BCUT2D eigenvalue weighted by Gasteiger charge is -2.42. The number of nitrogens with two attached hydrogens (primary N) is 1. The molecule has 0 bridgehead atoms. The molecule has 0 aromatic heterocycles. The van der Waals surface area contributed by atoms with Gasteiger partial charge in [0.2, 0.25) is 0 Å². The van der Waals surface area contributed by atoms with Gasteiger partial charge < -0.3 is 5.73 Å². The average Bonchev–Trinajstić information content (AvgIpc) is 2.38. The van der Waals surface area contributed by atoms with Gasteiger partial charge in [-0.3, -0.25) is 0 Å². The molecule has 1 aromatic rings. The van der Waals surface area contributed by atoms with Crippen LogP contribution in [0.3, 0.4) is 0 Å². The van der Waals surface area contributed by atoms with E-state index in [0.717, 1.165) is 10.9 Å². The predicted octanol–water partition coefficient (Wildman–Crippen LogP) is 4.73. The molecule has 1 saturated carbocycles. The molecule has 0 heterocycles. The van der Waals surface area contributed by atoms with Gasteiger partial charge in [0, 0.05) is 10.6 Å². The van der Waals surface area contributed by atoms with Gasteiger partial charge in [0.15, 0.2) is 0 Å². The molecule has 2 N–H and O–H groups in total. The molecule has 1 aliphatic rings. The molecule has 0 radical (unpaired) electrons. The maximum absolute atomic E-state index is 6.69. The third-order valence-electron chi connectivity index (χ3n) is 4.65. The third-order valence-corrected chi connectivity index (χ3v) is 4.89. The van der Waals surface area contributed by atoms with Crippen LogP contribution in [-0.2, 0) is 5.54 Å². The van der Waals surface area contributed by atoms with Crippen LogP contribution < -0.4 is 5.73 Å². The van der Waals surface area contributed by atoms with E-state index in [2.05, 4.69) is 19.9 Å². The molecule has 1 aliphatic carbocycles. The van der Waals surface area contributed by atoms with Crippen molar-refractivity contribution in [2.75, 3.05) is 0 Å². The van der Waals surface area contributed by atoms with Crippen LogP contribution in [0, 0.1) is 11.8 Å². The predicted molar refractivity (Wildman–Crippen MR) is 78.7 cm³/mol. The molecule has 2 rings (SSSR count). The third kappa shape index (κ3) is 2.73. The second-order valence-electron chi connectivity index (χ2n) is 5.85. The first-order valence-corrected chi connectivity index (χ1v) is 7.48. The fraction of sp³-hybridized carbons (Fsp3) is 0.625. The summed E-state index contributed by atoms with van der Waals surface area (Å²) >= 11 is 6.10. The lowest BCUT2D eigenvalue weighted by Crippen LogP contribution is -2.45. The quantitative estimate of drug-likeness (QED) is 0.840. The zero-order valence-corrected chi connectivity index (χ0v) is 12.2. The van der Waals surface area contributed by atoms with Crippen molar-refractivity contribution in [2.24, 2.45) is 17.6 Å². The summed E-state index contributed by atoms with van der Waals surface area (Å²) in [4.78, 5) is 0. The standard InChI is InChI=1S/C16H24ClN/c1-3-12-7-4-5-10-15(12)16(2,18)13-8-6-9-14(17)11-13/h6,8-9,11-12,15H,3-5,7,10,18H2,1-2H3. The first kappa shape index (κ1) is 13.9. The van der Waals surface area contributed by atoms with Crippen LogP contribution in [0.25, 0.3) is 0 Å². The van der Waals surface area contributed by atoms with Gasteiger partial charge in [0.25, 0.3) is 0 Å². The number of hydrogen-bond acceptors (Lipinski definition) is 1. The topological polar surface area (TPSA) is 26.0 Å². The molecular weight excluding hydrogens is 242 g/mol. The second-order valence-corrected chi connectivity index (χ2v) is 6.29. The van der Waals surface area contributed by atoms with Crippen LogP contribution in [0.2, 0.25) is 5.02 Å². The summed E-state index contributed by atoms with van der Waals surface area (Å²) < 4.78 is 0. The maximum atomic E-state index is 6.69. The summed E-state index contributed by atoms with van der Waals surface area (Å²) in [5.74, 6) is 1.34. The van der Waals surface area contributed by atoms with Gasteiger partial charge >= 0.3 is 0 Å². The van der Waals surface area contributed by atoms with Crippen molar-refractivity contribution < 1.29 is 0 Å². The Balaban J connectivity index is 2.28. The minimum absolute atomic E-state index is 0.258. The molecule has 3 atom stereocenters. The highest BCUT2D eigenvalue weighted by Crippen LogP contribution is 2.42. The summed E-state index contributed by atoms with van der Waals surface area (Å²) in [6, 6.07) is 8.07. The molecule has 2 heteroatoms. The van der Waals surface area contributed by atoms with E-state index in [1.165, 1.54) is 37.7 Å². The van der Waals surface area contributed by atoms with Gasteiger partial charge in [0.1, 0.15) is 0 Å². The molecule has 1 nitrogen and oxygen atoms in total. The van der Waals surface area contributed by atoms with Gasteiger partial charge in [-0.2, -0.15) is 0 Å². The molecular formula is C16H24ClN. The van der Waals surface area contributed by atoms with E-state index in [1.807, 2.05) is 18.2 Å². The molecule has 1 fully saturated rings. The highest BCUT2D eigenvalue weighted by molar-refractivity contribution is 6.30. The highest BCUT2D eigenvalue weighted by atomic mass is 35.5. The van der Waals surface area contributed by atoms with Gasteiger partial charge in [-0.1, -0.05) is 56.3 Å². The normalized spacial score (nSPS) is 27.8. The fourth-order valence-electron chi connectivity index (χ4n) is 3.52. The zero-order valence-electron chi connectivity index (χ0n) is 11.5. The van der Waals surface area contributed by atoms with Gasteiger partial charge in [-0.05, 0) is 42.9 Å². The molecule has 100 valence electrons. The van der Waals surface area contributed by atoms with Crippen LogP contribution in [0.4, 0.5) is 0 Å². The Morgan fingerprint density at radius 2 is 2.06 bits per heavy atom. The number of benzene rings is 1. The molecule has 0 amide bonds. The van der Waals surface area contributed by atoms with Crippen LogP contribution in [0.5, 0.6) is 0 Å². The van der Waals surface area contributed by atoms with E-state index in [-0.39, 0.29) is 5.54 Å². The highest BCUT2D eigenvalue weighted by Gasteiger charge is 2.38. The summed E-state index contributed by atoms with van der Waals surface area (Å²) in [6.07, 6.45) is 6.49. The van der Waals surface area contributed by atoms with E-state index >= 15 is 0 Å². The summed E-state index contributed by atoms with van der Waals surface area (Å²) in [5, 5.41) is 0.785. The first-order chi connectivity index (χ1) is 8.55. The second kappa shape index (κ2) is 5.63. The Hall–Kier alpha value is -0.530. The van der Waals surface area contributed by atoms with Crippen molar-refractivity contribution >= 4 is 11.6 Å². The van der Waals surface area contributed by atoms with E-state index < -0.39 is 0 Å². The Kier molecular flexibility index (Phi) is 4.34. The summed E-state index contributed by atoms with van der Waals surface area (Å²) in [7, 11) is 0. The lowest BCUT2D eigenvalue weighted by molar-refractivity contribution is 0.138. The minimum atomic E-state index is -0.258. The van der Waals surface area contributed by atoms with Gasteiger partial charge in [0.05, 0.1) is 0 Å². The van der Waals surface area contributed by atoms with Gasteiger partial charge in [-0.15, -0.1) is 0 Å². The monoisotopic (exact) mass is 265 g/mol. The van der Waals surface area contributed by atoms with Crippen molar-refractivity contribution in [2.45, 2.75) is 51.5 Å². The SMILES string of the molecule is CCC1CCCCC1C(C)(N)c1cccc(Cl)c1. The Morgan fingerprint density at radius 3 is 2.72 bits per heavy atom. The smallest absolute Gasteiger partial charge is 0.0412 e. The van der Waals surface area contributed by atoms with E-state index in [4.69, 9.17) is 17.3 Å². The van der Waals surface area contributed by atoms with Crippen molar-refractivity contribution in [1.82, 2.24) is 0 Å². The Bertz CT molecular complexity index is 400. The molecule has 1 aromatic carbocycles. The van der Waals surface area contributed by atoms with Crippen LogP contribution in [0.1, 0.15) is 51.5 Å². The fourth-order valence-corrected chi connectivity index (χ4v) is 3.71. The Morgan fingerprint density at radius 1 is 1.33 bits per heavy atom. The summed E-state index contributed by atoms with van der Waals surface area (Å²) in [6.45, 7) is 4.47. The lowest BCUT2D eigenvalue weighted by atomic mass is 9.66. The van der Waals surface area contributed by atoms with E-state index in [9.17, 15) is 0 Å². The van der Waals surface area contributed by atoms with Crippen LogP contribution >= 0.6 is 11.6 Å². The molecule has 3 unspecified atom stereocenters. The van der Waals surface area contributed by atoms with Crippen molar-refractivity contribution in [3.8, 4) is 0 Å². The van der Waals surface area contributed by atoms with Crippen molar-refractivity contribution in [3.05, 3.63) is 34.9 Å². The van der Waals surface area contributed by atoms with Crippen LogP contribution in [-0.4, -0.2) is 0 Å². The maximum Gasteiger partial charge on any atom is 0.0412 e.